The van der Waals surface area contributed by atoms with Gasteiger partial charge in [0.2, 0.25) is 0 Å². The number of carbonyl (C=O) groups is 2. The smallest absolute Gasteiger partial charge is 0.356 e. The van der Waals surface area contributed by atoms with E-state index in [0.717, 1.165) is 9.54 Å². The molecule has 7 nitrogen and oxygen atoms in total. The number of hydrogen-bond donors (Lipinski definition) is 0. The Morgan fingerprint density at radius 1 is 1.00 bits per heavy atom. The molecule has 4 aromatic rings. The van der Waals surface area contributed by atoms with Crippen LogP contribution in [0.3, 0.4) is 0 Å². The van der Waals surface area contributed by atoms with E-state index in [1.165, 1.54) is 35.2 Å². The fourth-order valence-electron chi connectivity index (χ4n) is 4.20. The highest BCUT2D eigenvalue weighted by Crippen LogP contribution is 2.39. The van der Waals surface area contributed by atoms with Crippen LogP contribution >= 0.6 is 23.2 Å². The maximum atomic E-state index is 14.1. The number of fused-ring (bicyclic) bond motifs is 1. The van der Waals surface area contributed by atoms with Crippen LogP contribution < -0.4 is 0 Å². The molecule has 10 heteroatoms. The Balaban J connectivity index is 2.21. The molecule has 1 aromatic heterocycles. The molecular weight excluding hydrogens is 559 g/mol. The van der Waals surface area contributed by atoms with E-state index in [2.05, 4.69) is 0 Å². The number of halogens is 2. The average Bonchev–Trinajstić information content (AvgIpc) is 3.22. The van der Waals surface area contributed by atoms with Crippen LogP contribution in [-0.2, 0) is 19.6 Å². The fraction of sp³-hybridized carbons (Fsp3) is 0.172. The van der Waals surface area contributed by atoms with Crippen LogP contribution in [0, 0.1) is 6.92 Å². The summed E-state index contributed by atoms with van der Waals surface area (Å²) in [4.78, 5) is 28.2. The molecule has 4 rings (SSSR count). The average molecular weight is 586 g/mol. The third-order valence-corrected chi connectivity index (χ3v) is 8.26. The van der Waals surface area contributed by atoms with Gasteiger partial charge >= 0.3 is 5.97 Å². The highest BCUT2D eigenvalue weighted by atomic mass is 35.5. The highest BCUT2D eigenvalue weighted by molar-refractivity contribution is 7.90. The van der Waals surface area contributed by atoms with Gasteiger partial charge in [-0.25, -0.2) is 17.2 Å². The fourth-order valence-corrected chi connectivity index (χ4v) is 6.30. The van der Waals surface area contributed by atoms with Crippen molar-refractivity contribution in [2.24, 2.45) is 0 Å². The van der Waals surface area contributed by atoms with Crippen molar-refractivity contribution in [1.82, 2.24) is 8.87 Å². The lowest BCUT2D eigenvalue weighted by atomic mass is 10.00. The van der Waals surface area contributed by atoms with Crippen molar-refractivity contribution in [3.05, 3.63) is 99.2 Å². The zero-order chi connectivity index (χ0) is 28.5. The van der Waals surface area contributed by atoms with Gasteiger partial charge in [-0.1, -0.05) is 71.2 Å². The SMILES string of the molecule is CCOC(=O)c1c(/C=C(/C(=O)N(C)C)c2ccccc2)c2c(Cl)cc(Cl)cc2n1S(=O)(=O)c1ccc(C)cc1. The molecule has 0 N–H and O–H groups in total. The third kappa shape index (κ3) is 5.45. The molecule has 39 heavy (non-hydrogen) atoms. The molecule has 3 aromatic carbocycles. The van der Waals surface area contributed by atoms with Gasteiger partial charge < -0.3 is 9.64 Å². The Labute approximate surface area is 237 Å². The maximum absolute atomic E-state index is 14.1. The largest absolute Gasteiger partial charge is 0.461 e. The second-order valence-electron chi connectivity index (χ2n) is 8.97. The normalized spacial score (nSPS) is 12.0. The van der Waals surface area contributed by atoms with E-state index < -0.39 is 16.0 Å². The first-order chi connectivity index (χ1) is 18.5. The quantitative estimate of drug-likeness (QED) is 0.188. The van der Waals surface area contributed by atoms with Crippen molar-refractivity contribution in [2.75, 3.05) is 20.7 Å². The molecule has 0 atom stereocenters. The van der Waals surface area contributed by atoms with Crippen molar-refractivity contribution in [3.63, 3.8) is 0 Å². The lowest BCUT2D eigenvalue weighted by Crippen LogP contribution is -2.23. The Morgan fingerprint density at radius 2 is 1.64 bits per heavy atom. The number of aromatic nitrogens is 1. The molecule has 0 spiro atoms. The number of aryl methyl sites for hydroxylation is 1. The van der Waals surface area contributed by atoms with Gasteiger partial charge in [0, 0.05) is 35.6 Å². The monoisotopic (exact) mass is 584 g/mol. The van der Waals surface area contributed by atoms with Crippen LogP contribution in [0.4, 0.5) is 0 Å². The summed E-state index contributed by atoms with van der Waals surface area (Å²) in [6, 6.07) is 18.0. The summed E-state index contributed by atoms with van der Waals surface area (Å²) >= 11 is 13.0. The maximum Gasteiger partial charge on any atom is 0.356 e. The zero-order valence-corrected chi connectivity index (χ0v) is 24.1. The number of amides is 1. The molecule has 0 aliphatic carbocycles. The van der Waals surface area contributed by atoms with E-state index in [4.69, 9.17) is 27.9 Å². The van der Waals surface area contributed by atoms with Crippen LogP contribution in [-0.4, -0.2) is 49.9 Å². The number of rotatable bonds is 7. The second kappa shape index (κ2) is 11.3. The van der Waals surface area contributed by atoms with E-state index in [0.29, 0.717) is 5.56 Å². The molecule has 0 bridgehead atoms. The minimum atomic E-state index is -4.35. The number of nitrogens with zero attached hydrogens (tertiary/aromatic N) is 2. The van der Waals surface area contributed by atoms with E-state index >= 15 is 0 Å². The minimum absolute atomic E-state index is 0.00918. The predicted molar refractivity (Wildman–Crippen MR) is 155 cm³/mol. The molecule has 0 aliphatic heterocycles. The Kier molecular flexibility index (Phi) is 8.20. The van der Waals surface area contributed by atoms with Gasteiger partial charge in [-0.05, 0) is 49.8 Å². The van der Waals surface area contributed by atoms with Crippen molar-refractivity contribution in [1.29, 1.82) is 0 Å². The molecular formula is C29H26Cl2N2O5S. The number of likely N-dealkylation sites (N-methyl/N-ethyl adjacent to an activating group) is 1. The lowest BCUT2D eigenvalue weighted by molar-refractivity contribution is -0.122. The number of hydrogen-bond acceptors (Lipinski definition) is 5. The number of ether oxygens (including phenoxy) is 1. The first kappa shape index (κ1) is 28.4. The van der Waals surface area contributed by atoms with Crippen molar-refractivity contribution in [2.45, 2.75) is 18.7 Å². The van der Waals surface area contributed by atoms with E-state index in [-0.39, 0.29) is 55.2 Å². The molecule has 0 unspecified atom stereocenters. The van der Waals surface area contributed by atoms with Crippen molar-refractivity contribution in [3.8, 4) is 0 Å². The van der Waals surface area contributed by atoms with Gasteiger partial charge in [0.05, 0.1) is 22.0 Å². The second-order valence-corrected chi connectivity index (χ2v) is 11.6. The lowest BCUT2D eigenvalue weighted by Gasteiger charge is -2.15. The van der Waals surface area contributed by atoms with Crippen LogP contribution in [0.2, 0.25) is 10.0 Å². The van der Waals surface area contributed by atoms with Gasteiger partial charge in [-0.15, -0.1) is 0 Å². The first-order valence-electron chi connectivity index (χ1n) is 12.0. The van der Waals surface area contributed by atoms with Gasteiger partial charge in [-0.3, -0.25) is 4.79 Å². The van der Waals surface area contributed by atoms with Crippen LogP contribution in [0.5, 0.6) is 0 Å². The molecule has 0 aliphatic rings. The van der Waals surface area contributed by atoms with E-state index in [1.54, 1.807) is 57.4 Å². The van der Waals surface area contributed by atoms with Gasteiger partial charge in [0.1, 0.15) is 0 Å². The van der Waals surface area contributed by atoms with Gasteiger partial charge in [0.15, 0.2) is 5.69 Å². The third-order valence-electron chi connectivity index (χ3n) is 6.02. The molecule has 0 fully saturated rings. The zero-order valence-electron chi connectivity index (χ0n) is 21.7. The summed E-state index contributed by atoms with van der Waals surface area (Å²) in [6.45, 7) is 3.44. The molecule has 0 saturated carbocycles. The first-order valence-corrected chi connectivity index (χ1v) is 14.2. The van der Waals surface area contributed by atoms with Crippen molar-refractivity contribution >= 4 is 67.7 Å². The van der Waals surface area contributed by atoms with Crippen molar-refractivity contribution < 1.29 is 22.7 Å². The Bertz CT molecular complexity index is 1710. The molecule has 1 amide bonds. The van der Waals surface area contributed by atoms with Crippen LogP contribution in [0.1, 0.15) is 34.1 Å². The minimum Gasteiger partial charge on any atom is -0.461 e. The summed E-state index contributed by atoms with van der Waals surface area (Å²) in [7, 11) is -1.15. The van der Waals surface area contributed by atoms with Crippen LogP contribution in [0.25, 0.3) is 22.6 Å². The highest BCUT2D eigenvalue weighted by Gasteiger charge is 2.33. The van der Waals surface area contributed by atoms with E-state index in [1.807, 2.05) is 13.0 Å². The molecule has 202 valence electrons. The topological polar surface area (TPSA) is 85.7 Å². The summed E-state index contributed by atoms with van der Waals surface area (Å²) in [5.74, 6) is -1.25. The number of esters is 1. The molecule has 0 radical (unpaired) electrons. The predicted octanol–water partition coefficient (Wildman–Crippen LogP) is 6.30. The summed E-state index contributed by atoms with van der Waals surface area (Å²) in [6.07, 6.45) is 1.48. The number of benzene rings is 3. The standard InChI is InChI=1S/C29H26Cl2N2O5S/c1-5-38-29(35)27-23(17-22(28(34)32(3)4)19-9-7-6-8-10-19)26-24(31)15-20(30)16-25(26)33(27)39(36,37)21-13-11-18(2)12-14-21/h6-17H,5H2,1-4H3/b22-17+. The number of carbonyl (C=O) groups excluding carboxylic acids is 2. The van der Waals surface area contributed by atoms with Gasteiger partial charge in [0.25, 0.3) is 15.9 Å². The van der Waals surface area contributed by atoms with Gasteiger partial charge in [-0.2, -0.15) is 0 Å². The van der Waals surface area contributed by atoms with Crippen LogP contribution in [0.15, 0.2) is 71.6 Å². The molecule has 1 heterocycles. The summed E-state index contributed by atoms with van der Waals surface area (Å²) in [5, 5.41) is 0.514. The Morgan fingerprint density at radius 3 is 2.23 bits per heavy atom. The summed E-state index contributed by atoms with van der Waals surface area (Å²) in [5.41, 5.74) is 1.56. The molecule has 0 saturated heterocycles. The summed E-state index contributed by atoms with van der Waals surface area (Å²) < 4.78 is 34.4. The Hall–Kier alpha value is -3.59. The van der Waals surface area contributed by atoms with E-state index in [9.17, 15) is 18.0 Å².